The van der Waals surface area contributed by atoms with Gasteiger partial charge in [0.05, 0.1) is 12.8 Å². The van der Waals surface area contributed by atoms with E-state index in [-0.39, 0.29) is 11.2 Å². The fourth-order valence-electron chi connectivity index (χ4n) is 4.61. The smallest absolute Gasteiger partial charge is 0.147 e. The Morgan fingerprint density at radius 3 is 2.57 bits per heavy atom. The Bertz CT molecular complexity index is 1390. The van der Waals surface area contributed by atoms with E-state index in [0.717, 1.165) is 40.7 Å². The van der Waals surface area contributed by atoms with Crippen LogP contribution in [-0.4, -0.2) is 40.2 Å². The fourth-order valence-corrected chi connectivity index (χ4v) is 4.76. The van der Waals surface area contributed by atoms with E-state index in [9.17, 15) is 4.39 Å². The first kappa shape index (κ1) is 23.1. The van der Waals surface area contributed by atoms with Crippen molar-refractivity contribution in [2.45, 2.75) is 25.7 Å². The van der Waals surface area contributed by atoms with E-state index >= 15 is 0 Å². The van der Waals surface area contributed by atoms with E-state index < -0.39 is 0 Å². The highest BCUT2D eigenvalue weighted by molar-refractivity contribution is 6.29. The molecule has 1 aliphatic heterocycles. The minimum Gasteiger partial charge on any atom is -0.495 e. The van der Waals surface area contributed by atoms with Crippen LogP contribution < -0.4 is 15.0 Å². The molecule has 0 atom stereocenters. The Hall–Kier alpha value is -3.65. The third-order valence-corrected chi connectivity index (χ3v) is 6.43. The normalized spacial score (nSPS) is 14.2. The van der Waals surface area contributed by atoms with Gasteiger partial charge in [-0.2, -0.15) is 0 Å². The number of rotatable bonds is 6. The van der Waals surface area contributed by atoms with Crippen LogP contribution in [0.15, 0.2) is 55.0 Å². The summed E-state index contributed by atoms with van der Waals surface area (Å²) in [6, 6.07) is 12.5. The number of benzene rings is 2. The van der Waals surface area contributed by atoms with Crippen LogP contribution in [0.3, 0.4) is 0 Å². The van der Waals surface area contributed by atoms with Gasteiger partial charge in [0.15, 0.2) is 0 Å². The van der Waals surface area contributed by atoms with Gasteiger partial charge in [0.2, 0.25) is 0 Å². The minimum atomic E-state index is -0.262. The van der Waals surface area contributed by atoms with Gasteiger partial charge in [0.25, 0.3) is 0 Å². The zero-order valence-corrected chi connectivity index (χ0v) is 20.8. The van der Waals surface area contributed by atoms with E-state index in [1.54, 1.807) is 31.8 Å². The predicted octanol–water partition coefficient (Wildman–Crippen LogP) is 5.53. The Labute approximate surface area is 208 Å². The van der Waals surface area contributed by atoms with Gasteiger partial charge in [-0.15, -0.1) is 0 Å². The SMILES string of the molecule is CNc1nc(Cc2ccc(-n3cnc(Cl)c3)c(OC)c2)nc2c1C(C)(C)CN2c1ccc(F)cc1. The summed E-state index contributed by atoms with van der Waals surface area (Å²) >= 11 is 5.99. The lowest BCUT2D eigenvalue weighted by atomic mass is 9.88. The van der Waals surface area contributed by atoms with Crippen LogP contribution in [0.25, 0.3) is 5.69 Å². The molecule has 0 aliphatic carbocycles. The highest BCUT2D eigenvalue weighted by Gasteiger charge is 2.40. The molecule has 5 rings (SSSR count). The molecule has 9 heteroatoms. The van der Waals surface area contributed by atoms with Crippen LogP contribution in [0.4, 0.5) is 21.7 Å². The van der Waals surface area contributed by atoms with Crippen LogP contribution in [0, 0.1) is 5.82 Å². The van der Waals surface area contributed by atoms with Gasteiger partial charge in [-0.25, -0.2) is 19.3 Å². The van der Waals surface area contributed by atoms with Crippen molar-refractivity contribution in [2.24, 2.45) is 0 Å². The third-order valence-electron chi connectivity index (χ3n) is 6.23. The van der Waals surface area contributed by atoms with Gasteiger partial charge in [-0.05, 0) is 42.0 Å². The molecule has 0 amide bonds. The molecule has 0 fully saturated rings. The van der Waals surface area contributed by atoms with Crippen molar-refractivity contribution in [3.05, 3.63) is 82.9 Å². The highest BCUT2D eigenvalue weighted by Crippen LogP contribution is 2.46. The molecule has 1 aliphatic rings. The van der Waals surface area contributed by atoms with Gasteiger partial charge in [-0.3, -0.25) is 0 Å². The number of hydrogen-bond donors (Lipinski definition) is 1. The number of hydrogen-bond acceptors (Lipinski definition) is 6. The summed E-state index contributed by atoms with van der Waals surface area (Å²) in [6.45, 7) is 5.06. The molecule has 1 N–H and O–H groups in total. The summed E-state index contributed by atoms with van der Waals surface area (Å²) < 4.78 is 21.0. The van der Waals surface area contributed by atoms with Crippen molar-refractivity contribution in [1.29, 1.82) is 0 Å². The van der Waals surface area contributed by atoms with Gasteiger partial charge < -0.3 is 19.5 Å². The van der Waals surface area contributed by atoms with Gasteiger partial charge in [0, 0.05) is 42.9 Å². The van der Waals surface area contributed by atoms with Crippen molar-refractivity contribution >= 4 is 28.9 Å². The maximum Gasteiger partial charge on any atom is 0.147 e. The first-order valence-corrected chi connectivity index (χ1v) is 11.7. The highest BCUT2D eigenvalue weighted by atomic mass is 35.5. The summed E-state index contributed by atoms with van der Waals surface area (Å²) in [5, 5.41) is 3.67. The van der Waals surface area contributed by atoms with E-state index in [2.05, 4.69) is 29.0 Å². The van der Waals surface area contributed by atoms with Crippen LogP contribution >= 0.6 is 11.6 Å². The lowest BCUT2D eigenvalue weighted by Crippen LogP contribution is -2.25. The predicted molar refractivity (Wildman–Crippen MR) is 136 cm³/mol. The number of halogens is 2. The molecule has 7 nitrogen and oxygen atoms in total. The number of imidazole rings is 1. The first-order valence-electron chi connectivity index (χ1n) is 11.3. The fraction of sp³-hybridized carbons (Fsp3) is 0.269. The van der Waals surface area contributed by atoms with Crippen molar-refractivity contribution in [3.8, 4) is 11.4 Å². The summed E-state index contributed by atoms with van der Waals surface area (Å²) in [4.78, 5) is 16.0. The average Bonchev–Trinajstić information content (AvgIpc) is 3.39. The summed E-state index contributed by atoms with van der Waals surface area (Å²) in [7, 11) is 3.51. The van der Waals surface area contributed by atoms with Crippen LogP contribution in [-0.2, 0) is 11.8 Å². The molecule has 180 valence electrons. The molecule has 0 bridgehead atoms. The molecule has 2 aromatic carbocycles. The second-order valence-electron chi connectivity index (χ2n) is 9.17. The number of anilines is 3. The Morgan fingerprint density at radius 2 is 1.91 bits per heavy atom. The Kier molecular flexibility index (Phi) is 5.84. The van der Waals surface area contributed by atoms with Crippen molar-refractivity contribution in [1.82, 2.24) is 19.5 Å². The number of nitrogens with zero attached hydrogens (tertiary/aromatic N) is 5. The number of ether oxygens (including phenoxy) is 1. The number of fused-ring (bicyclic) bond motifs is 1. The van der Waals surface area contributed by atoms with Gasteiger partial charge in [0.1, 0.15) is 40.5 Å². The quantitative estimate of drug-likeness (QED) is 0.382. The zero-order valence-electron chi connectivity index (χ0n) is 20.0. The Morgan fingerprint density at radius 1 is 1.14 bits per heavy atom. The molecule has 4 aromatic rings. The van der Waals surface area contributed by atoms with Crippen molar-refractivity contribution in [3.63, 3.8) is 0 Å². The van der Waals surface area contributed by atoms with Crippen LogP contribution in [0.2, 0.25) is 5.15 Å². The second-order valence-corrected chi connectivity index (χ2v) is 9.56. The lowest BCUT2D eigenvalue weighted by Gasteiger charge is -2.21. The molecule has 0 spiro atoms. The second kappa shape index (κ2) is 8.85. The molecular formula is C26H26ClFN6O. The minimum absolute atomic E-state index is 0.183. The Balaban J connectivity index is 1.53. The summed E-state index contributed by atoms with van der Waals surface area (Å²) in [6.07, 6.45) is 3.89. The number of methoxy groups -OCH3 is 1. The van der Waals surface area contributed by atoms with Gasteiger partial charge in [-0.1, -0.05) is 31.5 Å². The van der Waals surface area contributed by atoms with Gasteiger partial charge >= 0.3 is 0 Å². The maximum atomic E-state index is 13.6. The lowest BCUT2D eigenvalue weighted by molar-refractivity contribution is 0.412. The van der Waals surface area contributed by atoms with Crippen LogP contribution in [0.5, 0.6) is 5.75 Å². The van der Waals surface area contributed by atoms with Crippen LogP contribution in [0.1, 0.15) is 30.8 Å². The maximum absolute atomic E-state index is 13.6. The van der Waals surface area contributed by atoms with E-state index in [0.29, 0.717) is 23.1 Å². The molecule has 0 saturated heterocycles. The van der Waals surface area contributed by atoms with E-state index in [1.807, 2.05) is 29.8 Å². The number of nitrogens with one attached hydrogen (secondary N) is 1. The van der Waals surface area contributed by atoms with Crippen molar-refractivity contribution in [2.75, 3.05) is 30.9 Å². The summed E-state index contributed by atoms with van der Waals surface area (Å²) in [5.41, 5.74) is 3.61. The monoisotopic (exact) mass is 492 g/mol. The molecule has 0 unspecified atom stereocenters. The molecule has 0 radical (unpaired) electrons. The molecule has 2 aromatic heterocycles. The standard InChI is InChI=1S/C26H26ClFN6O/c1-26(2)14-34(18-8-6-17(28)7-9-18)25-23(26)24(29-3)31-22(32-25)12-16-5-10-19(20(11-16)35-4)33-13-21(27)30-15-33/h5-11,13,15H,12,14H2,1-4H3,(H,29,31,32). The topological polar surface area (TPSA) is 68.1 Å². The largest absolute Gasteiger partial charge is 0.495 e. The van der Waals surface area contributed by atoms with E-state index in [4.69, 9.17) is 26.3 Å². The average molecular weight is 493 g/mol. The third kappa shape index (κ3) is 4.30. The molecular weight excluding hydrogens is 467 g/mol. The van der Waals surface area contributed by atoms with Crippen molar-refractivity contribution < 1.29 is 9.13 Å². The molecule has 0 saturated carbocycles. The zero-order chi connectivity index (χ0) is 24.7. The van der Waals surface area contributed by atoms with E-state index in [1.165, 1.54) is 12.1 Å². The summed E-state index contributed by atoms with van der Waals surface area (Å²) in [5.74, 6) is 2.75. The number of aromatic nitrogens is 4. The molecule has 35 heavy (non-hydrogen) atoms. The molecule has 3 heterocycles. The first-order chi connectivity index (χ1) is 16.8.